The van der Waals surface area contributed by atoms with Crippen molar-refractivity contribution in [2.24, 2.45) is 0 Å². The molecule has 1 atom stereocenters. The van der Waals surface area contributed by atoms with E-state index >= 15 is 0 Å². The number of nitrogens with zero attached hydrogens (tertiary/aromatic N) is 2. The van der Waals surface area contributed by atoms with Crippen molar-refractivity contribution < 1.29 is 14.7 Å². The number of fused-ring (bicyclic) bond motifs is 2. The van der Waals surface area contributed by atoms with Crippen LogP contribution in [0.25, 0.3) is 27.2 Å². The van der Waals surface area contributed by atoms with Gasteiger partial charge in [0.1, 0.15) is 5.69 Å². The number of pyridine rings is 2. The molecule has 2 heterocycles. The molecule has 3 aromatic rings. The van der Waals surface area contributed by atoms with Crippen molar-refractivity contribution in [1.82, 2.24) is 15.3 Å². The lowest BCUT2D eigenvalue weighted by Crippen LogP contribution is -2.34. The maximum Gasteiger partial charge on any atom is 0.246 e. The Morgan fingerprint density at radius 1 is 1.21 bits per heavy atom. The van der Waals surface area contributed by atoms with E-state index in [2.05, 4.69) is 10.3 Å². The first-order chi connectivity index (χ1) is 13.5. The Hall–Kier alpha value is -3.38. The van der Waals surface area contributed by atoms with E-state index in [9.17, 15) is 14.7 Å². The van der Waals surface area contributed by atoms with Gasteiger partial charge in [-0.2, -0.15) is 0 Å². The van der Waals surface area contributed by atoms with Crippen LogP contribution in [0.5, 0.6) is 0 Å². The second kappa shape index (κ2) is 6.98. The zero-order valence-electron chi connectivity index (χ0n) is 15.6. The van der Waals surface area contributed by atoms with E-state index in [-0.39, 0.29) is 18.2 Å². The van der Waals surface area contributed by atoms with Gasteiger partial charge < -0.3 is 10.4 Å². The molecule has 0 saturated heterocycles. The third-order valence-corrected chi connectivity index (χ3v) is 5.01. The number of aliphatic hydroxyl groups is 1. The summed E-state index contributed by atoms with van der Waals surface area (Å²) in [6.45, 7) is 3.45. The minimum atomic E-state index is -1.07. The molecule has 1 unspecified atom stereocenters. The van der Waals surface area contributed by atoms with Gasteiger partial charge in [-0.1, -0.05) is 24.3 Å². The number of aliphatic hydroxyl groups excluding tert-OH is 1. The van der Waals surface area contributed by atoms with Gasteiger partial charge in [0.15, 0.2) is 0 Å². The first-order valence-electron chi connectivity index (χ1n) is 9.04. The molecular formula is C22H19N3O3. The molecule has 1 amide bonds. The molecule has 140 valence electrons. The molecule has 0 radical (unpaired) electrons. The fraction of sp³-hybridized carbons (Fsp3) is 0.182. The smallest absolute Gasteiger partial charge is 0.246 e. The zero-order valence-corrected chi connectivity index (χ0v) is 15.6. The average Bonchev–Trinajstić information content (AvgIpc) is 2.73. The van der Waals surface area contributed by atoms with Gasteiger partial charge in [0.05, 0.1) is 17.3 Å². The second-order valence-electron chi connectivity index (χ2n) is 6.72. The monoisotopic (exact) mass is 373 g/mol. The molecule has 0 fully saturated rings. The molecular weight excluding hydrogens is 354 g/mol. The van der Waals surface area contributed by atoms with E-state index in [1.165, 1.54) is 6.08 Å². The molecule has 0 saturated carbocycles. The normalized spacial score (nSPS) is 14.9. The zero-order chi connectivity index (χ0) is 19.8. The summed E-state index contributed by atoms with van der Waals surface area (Å²) in [7, 11) is 0. The molecule has 2 aromatic heterocycles. The van der Waals surface area contributed by atoms with E-state index in [0.29, 0.717) is 27.9 Å². The summed E-state index contributed by atoms with van der Waals surface area (Å²) >= 11 is 0. The average molecular weight is 373 g/mol. The summed E-state index contributed by atoms with van der Waals surface area (Å²) in [5.74, 6) is -0.539. The highest BCUT2D eigenvalue weighted by molar-refractivity contribution is 6.24. The van der Waals surface area contributed by atoms with Crippen LogP contribution < -0.4 is 5.32 Å². The predicted octanol–water partition coefficient (Wildman–Crippen LogP) is 2.81. The highest BCUT2D eigenvalue weighted by atomic mass is 16.3. The summed E-state index contributed by atoms with van der Waals surface area (Å²) < 4.78 is 0. The largest absolute Gasteiger partial charge is 0.386 e. The number of amides is 1. The number of nitrogens with one attached hydrogen (secondary N) is 1. The topological polar surface area (TPSA) is 92.2 Å². The Morgan fingerprint density at radius 3 is 2.79 bits per heavy atom. The van der Waals surface area contributed by atoms with Gasteiger partial charge in [-0.05, 0) is 37.4 Å². The highest BCUT2D eigenvalue weighted by Crippen LogP contribution is 2.35. The van der Waals surface area contributed by atoms with Gasteiger partial charge in [0, 0.05) is 34.7 Å². The Morgan fingerprint density at radius 2 is 2.00 bits per heavy atom. The van der Waals surface area contributed by atoms with Crippen LogP contribution in [0.1, 0.15) is 30.0 Å². The van der Waals surface area contributed by atoms with E-state index in [1.54, 1.807) is 26.1 Å². The summed E-state index contributed by atoms with van der Waals surface area (Å²) in [4.78, 5) is 33.6. The van der Waals surface area contributed by atoms with Crippen molar-refractivity contribution in [3.05, 3.63) is 65.6 Å². The van der Waals surface area contributed by atoms with Crippen LogP contribution in [-0.2, 0) is 4.79 Å². The van der Waals surface area contributed by atoms with E-state index in [4.69, 9.17) is 4.98 Å². The van der Waals surface area contributed by atoms with Crippen LogP contribution in [0.2, 0.25) is 0 Å². The van der Waals surface area contributed by atoms with Crippen molar-refractivity contribution >= 4 is 38.9 Å². The maximum absolute atomic E-state index is 12.6. The van der Waals surface area contributed by atoms with Gasteiger partial charge in [0.25, 0.3) is 0 Å². The second-order valence-corrected chi connectivity index (χ2v) is 6.72. The van der Waals surface area contributed by atoms with Crippen LogP contribution in [0.15, 0.2) is 54.3 Å². The number of allylic oxidation sites excluding steroid dienone is 2. The fourth-order valence-corrected chi connectivity index (χ4v) is 3.40. The van der Waals surface area contributed by atoms with Crippen molar-refractivity contribution in [1.29, 1.82) is 0 Å². The first-order valence-corrected chi connectivity index (χ1v) is 9.04. The van der Waals surface area contributed by atoms with Crippen molar-refractivity contribution in [2.45, 2.75) is 20.0 Å². The number of carbonyl (C=O) groups excluding carboxylic acids is 2. The van der Waals surface area contributed by atoms with Crippen molar-refractivity contribution in [3.63, 3.8) is 0 Å². The molecule has 0 bridgehead atoms. The number of carbonyl (C=O) groups is 2. The van der Waals surface area contributed by atoms with E-state index in [1.807, 2.05) is 30.3 Å². The molecule has 1 aliphatic rings. The molecule has 0 spiro atoms. The van der Waals surface area contributed by atoms with Crippen molar-refractivity contribution in [3.8, 4) is 0 Å². The van der Waals surface area contributed by atoms with Gasteiger partial charge in [-0.15, -0.1) is 0 Å². The number of hydrogen-bond acceptors (Lipinski definition) is 5. The lowest BCUT2D eigenvalue weighted by molar-refractivity contribution is -0.117. The maximum atomic E-state index is 12.6. The third-order valence-electron chi connectivity index (χ3n) is 5.01. The fourth-order valence-electron chi connectivity index (χ4n) is 3.40. The number of hydrogen-bond donors (Lipinski definition) is 2. The minimum absolute atomic E-state index is 0.0191. The summed E-state index contributed by atoms with van der Waals surface area (Å²) in [6.07, 6.45) is 3.61. The molecule has 0 aliphatic heterocycles. The first kappa shape index (κ1) is 18.0. The Balaban J connectivity index is 1.81. The van der Waals surface area contributed by atoms with Gasteiger partial charge in [0.2, 0.25) is 11.7 Å². The van der Waals surface area contributed by atoms with Crippen LogP contribution >= 0.6 is 0 Å². The van der Waals surface area contributed by atoms with E-state index < -0.39 is 6.10 Å². The summed E-state index contributed by atoms with van der Waals surface area (Å²) in [6, 6.07) is 9.50. The molecule has 1 aliphatic carbocycles. The van der Waals surface area contributed by atoms with E-state index in [0.717, 1.165) is 16.3 Å². The molecule has 4 rings (SSSR count). The summed E-state index contributed by atoms with van der Waals surface area (Å²) in [5, 5.41) is 15.8. The number of rotatable bonds is 4. The molecule has 28 heavy (non-hydrogen) atoms. The molecule has 6 heteroatoms. The SMILES string of the molecule is C/C=C(\C)C(=O)NCC(O)C1=CC(=O)c2nccc3c2c1nc1ccccc13. The van der Waals surface area contributed by atoms with Gasteiger partial charge in [-0.25, -0.2) is 4.98 Å². The number of ketones is 1. The summed E-state index contributed by atoms with van der Waals surface area (Å²) in [5.41, 5.74) is 2.57. The van der Waals surface area contributed by atoms with Gasteiger partial charge in [-0.3, -0.25) is 14.6 Å². The number of aromatic nitrogens is 2. The van der Waals surface area contributed by atoms with Crippen LogP contribution in [0.3, 0.4) is 0 Å². The Bertz CT molecular complexity index is 1190. The standard InChI is InChI=1S/C22H19N3O3/c1-3-12(2)22(28)24-11-18(27)15-10-17(26)21-19-14(8-9-23-21)13-6-4-5-7-16(13)25-20(15)19/h3-10,18,27H,11H2,1-2H3,(H,24,28)/b12-3+. The lowest BCUT2D eigenvalue weighted by atomic mass is 9.90. The lowest BCUT2D eigenvalue weighted by Gasteiger charge is -2.21. The minimum Gasteiger partial charge on any atom is -0.386 e. The molecule has 1 aromatic carbocycles. The number of benzene rings is 1. The number of para-hydroxylation sites is 1. The Kier molecular flexibility index (Phi) is 4.49. The molecule has 2 N–H and O–H groups in total. The van der Waals surface area contributed by atoms with Crippen LogP contribution in [0, 0.1) is 0 Å². The highest BCUT2D eigenvalue weighted by Gasteiger charge is 2.28. The van der Waals surface area contributed by atoms with Crippen LogP contribution in [0.4, 0.5) is 0 Å². The van der Waals surface area contributed by atoms with Gasteiger partial charge >= 0.3 is 0 Å². The Labute approximate surface area is 161 Å². The van der Waals surface area contributed by atoms with Crippen LogP contribution in [-0.4, -0.2) is 39.4 Å². The third kappa shape index (κ3) is 2.88. The predicted molar refractivity (Wildman–Crippen MR) is 108 cm³/mol. The molecule has 6 nitrogen and oxygen atoms in total. The quantitative estimate of drug-likeness (QED) is 0.542. The van der Waals surface area contributed by atoms with Crippen molar-refractivity contribution in [2.75, 3.05) is 6.54 Å².